The van der Waals surface area contributed by atoms with Crippen molar-refractivity contribution in [3.8, 4) is 0 Å². The van der Waals surface area contributed by atoms with Crippen molar-refractivity contribution in [2.24, 2.45) is 0 Å². The summed E-state index contributed by atoms with van der Waals surface area (Å²) in [6, 6.07) is 12.3. The number of amides is 1. The van der Waals surface area contributed by atoms with Crippen LogP contribution in [0.15, 0.2) is 53.1 Å². The quantitative estimate of drug-likeness (QED) is 0.505. The number of aromatic nitrogens is 1. The van der Waals surface area contributed by atoms with E-state index in [-0.39, 0.29) is 18.9 Å². The van der Waals surface area contributed by atoms with Gasteiger partial charge >= 0.3 is 11.9 Å². The van der Waals surface area contributed by atoms with Crippen molar-refractivity contribution >= 4 is 34.3 Å². The van der Waals surface area contributed by atoms with E-state index in [2.05, 4.69) is 4.98 Å². The molecule has 2 heterocycles. The van der Waals surface area contributed by atoms with Crippen molar-refractivity contribution in [2.45, 2.75) is 20.4 Å². The summed E-state index contributed by atoms with van der Waals surface area (Å²) in [4.78, 5) is 43.1. The summed E-state index contributed by atoms with van der Waals surface area (Å²) in [5.41, 5.74) is 1.32. The zero-order valence-corrected chi connectivity index (χ0v) is 17.3. The number of benzene rings is 1. The Hall–Kier alpha value is -3.46. The first kappa shape index (κ1) is 21.3. The highest BCUT2D eigenvalue weighted by molar-refractivity contribution is 7.17. The van der Waals surface area contributed by atoms with E-state index in [1.165, 1.54) is 17.2 Å². The fraction of sp³-hybridized carbons (Fsp3) is 0.238. The molecule has 0 radical (unpaired) electrons. The van der Waals surface area contributed by atoms with Gasteiger partial charge in [-0.3, -0.25) is 9.69 Å². The van der Waals surface area contributed by atoms with Gasteiger partial charge in [-0.2, -0.15) is 0 Å². The molecule has 0 unspecified atom stereocenters. The molecule has 0 saturated carbocycles. The van der Waals surface area contributed by atoms with Crippen molar-refractivity contribution in [1.82, 2.24) is 4.98 Å². The van der Waals surface area contributed by atoms with Crippen molar-refractivity contribution in [3.63, 3.8) is 0 Å². The summed E-state index contributed by atoms with van der Waals surface area (Å²) in [5, 5.41) is 0.318. The van der Waals surface area contributed by atoms with E-state index in [1.54, 1.807) is 19.9 Å². The molecule has 0 N–H and O–H groups in total. The summed E-state index contributed by atoms with van der Waals surface area (Å²) in [6.45, 7) is 3.33. The number of hydrogen-bond acceptors (Lipinski definition) is 8. The number of carbonyl (C=O) groups excluding carboxylic acids is 3. The molecule has 0 spiro atoms. The van der Waals surface area contributed by atoms with Crippen LogP contribution in [0.3, 0.4) is 0 Å². The van der Waals surface area contributed by atoms with E-state index in [4.69, 9.17) is 13.9 Å². The van der Waals surface area contributed by atoms with E-state index in [0.717, 1.165) is 16.9 Å². The van der Waals surface area contributed by atoms with Gasteiger partial charge in [-0.15, -0.1) is 0 Å². The second-order valence-electron chi connectivity index (χ2n) is 6.15. The molecule has 3 aromatic rings. The smallest absolute Gasteiger partial charge is 0.374 e. The number of nitrogens with zero attached hydrogens (tertiary/aromatic N) is 2. The van der Waals surface area contributed by atoms with Gasteiger partial charge in [0.1, 0.15) is 4.88 Å². The fourth-order valence-electron chi connectivity index (χ4n) is 2.58. The largest absolute Gasteiger partial charge is 0.462 e. The van der Waals surface area contributed by atoms with Crippen molar-refractivity contribution in [1.29, 1.82) is 0 Å². The third-order valence-electron chi connectivity index (χ3n) is 4.01. The maximum Gasteiger partial charge on any atom is 0.374 e. The minimum atomic E-state index is -0.740. The van der Waals surface area contributed by atoms with E-state index >= 15 is 0 Å². The van der Waals surface area contributed by atoms with E-state index in [9.17, 15) is 14.4 Å². The highest BCUT2D eigenvalue weighted by Crippen LogP contribution is 2.28. The van der Waals surface area contributed by atoms with Crippen molar-refractivity contribution < 1.29 is 28.3 Å². The average Bonchev–Trinajstić information content (AvgIpc) is 3.41. The maximum atomic E-state index is 12.9. The van der Waals surface area contributed by atoms with E-state index < -0.39 is 24.5 Å². The summed E-state index contributed by atoms with van der Waals surface area (Å²) >= 11 is 1.06. The Morgan fingerprint density at radius 1 is 1.07 bits per heavy atom. The van der Waals surface area contributed by atoms with Crippen molar-refractivity contribution in [3.05, 3.63) is 70.6 Å². The molecular weight excluding hydrogens is 408 g/mol. The zero-order chi connectivity index (χ0) is 21.5. The standard InChI is InChI=1S/C21H20N2O6S/c1-3-27-20(26)18-14(2)22-21(30-18)23(12-15-8-5-4-6-9-15)17(24)13-29-19(25)16-10-7-11-28-16/h4-11H,3,12-13H2,1-2H3. The van der Waals surface area contributed by atoms with Crippen LogP contribution >= 0.6 is 11.3 Å². The van der Waals surface area contributed by atoms with Crippen LogP contribution in [0.4, 0.5) is 5.13 Å². The highest BCUT2D eigenvalue weighted by Gasteiger charge is 2.25. The van der Waals surface area contributed by atoms with Crippen LogP contribution in [0.5, 0.6) is 0 Å². The number of anilines is 1. The molecule has 0 fully saturated rings. The minimum absolute atomic E-state index is 0.00657. The number of aryl methyl sites for hydroxylation is 1. The van der Waals surface area contributed by atoms with Gasteiger partial charge < -0.3 is 13.9 Å². The number of furan rings is 1. The number of ether oxygens (including phenoxy) is 2. The van der Waals surface area contributed by atoms with Crippen LogP contribution in [0.25, 0.3) is 0 Å². The zero-order valence-electron chi connectivity index (χ0n) is 16.5. The molecule has 0 aliphatic rings. The Balaban J connectivity index is 1.81. The van der Waals surface area contributed by atoms with Gasteiger partial charge in [0.15, 0.2) is 11.7 Å². The lowest BCUT2D eigenvalue weighted by atomic mass is 10.2. The topological polar surface area (TPSA) is 98.9 Å². The Kier molecular flexibility index (Phi) is 6.97. The first-order valence-electron chi connectivity index (χ1n) is 9.19. The molecular formula is C21H20N2O6S. The normalized spacial score (nSPS) is 10.5. The van der Waals surface area contributed by atoms with Crippen LogP contribution < -0.4 is 4.90 Å². The first-order valence-corrected chi connectivity index (χ1v) is 10.0. The van der Waals surface area contributed by atoms with Crippen LogP contribution in [-0.4, -0.2) is 36.0 Å². The fourth-order valence-corrected chi connectivity index (χ4v) is 3.56. The number of hydrogen-bond donors (Lipinski definition) is 0. The maximum absolute atomic E-state index is 12.9. The lowest BCUT2D eigenvalue weighted by Crippen LogP contribution is -2.34. The van der Waals surface area contributed by atoms with Gasteiger partial charge in [-0.05, 0) is 31.5 Å². The second-order valence-corrected chi connectivity index (χ2v) is 7.13. The monoisotopic (exact) mass is 428 g/mol. The average molecular weight is 428 g/mol. The molecule has 0 bridgehead atoms. The molecule has 9 heteroatoms. The van der Waals surface area contributed by atoms with Crippen LogP contribution in [0.1, 0.15) is 38.4 Å². The molecule has 1 aromatic carbocycles. The molecule has 2 aromatic heterocycles. The van der Waals surface area contributed by atoms with Gasteiger partial charge in [0.05, 0.1) is 25.1 Å². The Morgan fingerprint density at radius 2 is 1.83 bits per heavy atom. The van der Waals surface area contributed by atoms with E-state index in [0.29, 0.717) is 15.7 Å². The third-order valence-corrected chi connectivity index (χ3v) is 5.17. The van der Waals surface area contributed by atoms with Crippen LogP contribution in [-0.2, 0) is 20.8 Å². The molecule has 1 amide bonds. The Labute approximate surface area is 177 Å². The Bertz CT molecular complexity index is 1010. The summed E-state index contributed by atoms with van der Waals surface area (Å²) in [6.07, 6.45) is 1.34. The first-order chi connectivity index (χ1) is 14.5. The SMILES string of the molecule is CCOC(=O)c1sc(N(Cc2ccccc2)C(=O)COC(=O)c2ccco2)nc1C. The summed E-state index contributed by atoms with van der Waals surface area (Å²) in [5.74, 6) is -1.71. The van der Waals surface area contributed by atoms with Gasteiger partial charge in [0, 0.05) is 0 Å². The molecule has 156 valence electrons. The molecule has 0 atom stereocenters. The minimum Gasteiger partial charge on any atom is -0.462 e. The lowest BCUT2D eigenvalue weighted by Gasteiger charge is -2.20. The van der Waals surface area contributed by atoms with Crippen LogP contribution in [0.2, 0.25) is 0 Å². The molecule has 3 rings (SSSR count). The predicted molar refractivity (Wildman–Crippen MR) is 109 cm³/mol. The van der Waals surface area contributed by atoms with Gasteiger partial charge in [0.2, 0.25) is 5.76 Å². The predicted octanol–water partition coefficient (Wildman–Crippen LogP) is 3.61. The Morgan fingerprint density at radius 3 is 2.50 bits per heavy atom. The highest BCUT2D eigenvalue weighted by atomic mass is 32.1. The summed E-state index contributed by atoms with van der Waals surface area (Å²) in [7, 11) is 0. The van der Waals surface area contributed by atoms with Crippen LogP contribution in [0, 0.1) is 6.92 Å². The third kappa shape index (κ3) is 5.12. The second kappa shape index (κ2) is 9.84. The number of rotatable bonds is 8. The van der Waals surface area contributed by atoms with E-state index in [1.807, 2.05) is 30.3 Å². The molecule has 8 nitrogen and oxygen atoms in total. The molecule has 0 aliphatic heterocycles. The number of esters is 2. The molecule has 0 saturated heterocycles. The molecule has 30 heavy (non-hydrogen) atoms. The van der Waals surface area contributed by atoms with Gasteiger partial charge in [0.25, 0.3) is 5.91 Å². The number of carbonyl (C=O) groups is 3. The van der Waals surface area contributed by atoms with Gasteiger partial charge in [-0.1, -0.05) is 41.7 Å². The molecule has 0 aliphatic carbocycles. The van der Waals surface area contributed by atoms with Gasteiger partial charge in [-0.25, -0.2) is 14.6 Å². The lowest BCUT2D eigenvalue weighted by molar-refractivity contribution is -0.121. The number of thiazole rings is 1. The summed E-state index contributed by atoms with van der Waals surface area (Å²) < 4.78 is 15.1. The van der Waals surface area contributed by atoms with Crippen molar-refractivity contribution in [2.75, 3.05) is 18.1 Å².